The maximum absolute atomic E-state index is 11.8. The van der Waals surface area contributed by atoms with Gasteiger partial charge in [0, 0.05) is 5.02 Å². The third kappa shape index (κ3) is 5.97. The molecule has 1 amide bonds. The zero-order valence-corrected chi connectivity index (χ0v) is 15.5. The van der Waals surface area contributed by atoms with Crippen molar-refractivity contribution in [1.29, 1.82) is 0 Å². The Morgan fingerprint density at radius 2 is 1.60 bits per heavy atom. The van der Waals surface area contributed by atoms with Crippen LogP contribution in [0.25, 0.3) is 0 Å². The molecule has 0 aliphatic carbocycles. The molecule has 0 bridgehead atoms. The number of nitrogens with one attached hydrogen (secondary N) is 1. The summed E-state index contributed by atoms with van der Waals surface area (Å²) in [5.41, 5.74) is 0.246. The van der Waals surface area contributed by atoms with E-state index in [1.54, 1.807) is 24.3 Å². The molecule has 0 fully saturated rings. The molecule has 2 aromatic rings. The molecule has 0 aliphatic rings. The SMILES string of the molecule is O=C(COC(=O)COc1ccc(Cl)cc1Cl)Nc1c(Cl)cccc1Cl. The van der Waals surface area contributed by atoms with Crippen LogP contribution < -0.4 is 10.1 Å². The molecule has 2 aromatic carbocycles. The normalized spacial score (nSPS) is 10.2. The van der Waals surface area contributed by atoms with Gasteiger partial charge >= 0.3 is 5.97 Å². The smallest absolute Gasteiger partial charge is 0.344 e. The highest BCUT2D eigenvalue weighted by atomic mass is 35.5. The molecule has 0 spiro atoms. The maximum Gasteiger partial charge on any atom is 0.344 e. The van der Waals surface area contributed by atoms with Crippen LogP contribution >= 0.6 is 46.4 Å². The van der Waals surface area contributed by atoms with E-state index in [9.17, 15) is 9.59 Å². The molecule has 0 saturated heterocycles. The van der Waals surface area contributed by atoms with Gasteiger partial charge in [-0.1, -0.05) is 52.5 Å². The highest BCUT2D eigenvalue weighted by Crippen LogP contribution is 2.29. The summed E-state index contributed by atoms with van der Waals surface area (Å²) in [6.45, 7) is -0.931. The Morgan fingerprint density at radius 1 is 0.920 bits per heavy atom. The largest absolute Gasteiger partial charge is 0.480 e. The number of anilines is 1. The summed E-state index contributed by atoms with van der Waals surface area (Å²) in [5.74, 6) is -1.06. The van der Waals surface area contributed by atoms with E-state index in [2.05, 4.69) is 5.32 Å². The molecule has 1 N–H and O–H groups in total. The van der Waals surface area contributed by atoms with Gasteiger partial charge in [0.25, 0.3) is 5.91 Å². The van der Waals surface area contributed by atoms with Crippen LogP contribution in [0.1, 0.15) is 0 Å². The average molecular weight is 423 g/mol. The Morgan fingerprint density at radius 3 is 2.24 bits per heavy atom. The third-order valence-electron chi connectivity index (χ3n) is 2.83. The summed E-state index contributed by atoms with van der Waals surface area (Å²) in [7, 11) is 0. The predicted molar refractivity (Wildman–Crippen MR) is 98.0 cm³/mol. The molecule has 9 heteroatoms. The number of carbonyl (C=O) groups excluding carboxylic acids is 2. The lowest BCUT2D eigenvalue weighted by Crippen LogP contribution is -2.24. The van der Waals surface area contributed by atoms with Gasteiger partial charge in [-0.25, -0.2) is 4.79 Å². The summed E-state index contributed by atoms with van der Waals surface area (Å²) >= 11 is 23.5. The number of ether oxygens (including phenoxy) is 2. The third-order valence-corrected chi connectivity index (χ3v) is 3.99. The van der Waals surface area contributed by atoms with Gasteiger partial charge < -0.3 is 14.8 Å². The number of benzene rings is 2. The van der Waals surface area contributed by atoms with Crippen molar-refractivity contribution in [3.63, 3.8) is 0 Å². The lowest BCUT2D eigenvalue weighted by molar-refractivity contribution is -0.149. The van der Waals surface area contributed by atoms with Crippen LogP contribution in [0, 0.1) is 0 Å². The van der Waals surface area contributed by atoms with Gasteiger partial charge in [-0.05, 0) is 30.3 Å². The first-order valence-electron chi connectivity index (χ1n) is 6.84. The van der Waals surface area contributed by atoms with E-state index in [0.717, 1.165) is 0 Å². The zero-order chi connectivity index (χ0) is 18.4. The van der Waals surface area contributed by atoms with Crippen molar-refractivity contribution in [2.45, 2.75) is 0 Å². The Bertz CT molecular complexity index is 777. The summed E-state index contributed by atoms with van der Waals surface area (Å²) in [6.07, 6.45) is 0. The monoisotopic (exact) mass is 421 g/mol. The Kier molecular flexibility index (Phi) is 7.20. The average Bonchev–Trinajstić information content (AvgIpc) is 2.55. The minimum atomic E-state index is -0.744. The van der Waals surface area contributed by atoms with Crippen molar-refractivity contribution < 1.29 is 19.1 Å². The second-order valence-corrected chi connectivity index (χ2v) is 6.33. The Balaban J connectivity index is 1.80. The first kappa shape index (κ1) is 19.7. The highest BCUT2D eigenvalue weighted by Gasteiger charge is 2.13. The number of hydrogen-bond acceptors (Lipinski definition) is 4. The molecule has 0 unspecified atom stereocenters. The van der Waals surface area contributed by atoms with Crippen LogP contribution in [-0.2, 0) is 14.3 Å². The fraction of sp³-hybridized carbons (Fsp3) is 0.125. The number of carbonyl (C=O) groups is 2. The second kappa shape index (κ2) is 9.15. The van der Waals surface area contributed by atoms with E-state index in [1.165, 1.54) is 12.1 Å². The number of amides is 1. The van der Waals surface area contributed by atoms with Crippen LogP contribution in [0.4, 0.5) is 5.69 Å². The fourth-order valence-electron chi connectivity index (χ4n) is 1.71. The first-order chi connectivity index (χ1) is 11.9. The summed E-state index contributed by atoms with van der Waals surface area (Å²) in [4.78, 5) is 23.4. The lowest BCUT2D eigenvalue weighted by atomic mass is 10.3. The predicted octanol–water partition coefficient (Wildman–Crippen LogP) is 4.86. The van der Waals surface area contributed by atoms with Gasteiger partial charge in [0.15, 0.2) is 13.2 Å². The molecule has 0 aromatic heterocycles. The zero-order valence-electron chi connectivity index (χ0n) is 12.5. The number of para-hydroxylation sites is 1. The molecule has 25 heavy (non-hydrogen) atoms. The van der Waals surface area contributed by atoms with E-state index in [1.807, 2.05) is 0 Å². The van der Waals surface area contributed by atoms with Crippen LogP contribution in [0.5, 0.6) is 5.75 Å². The van der Waals surface area contributed by atoms with Gasteiger partial charge in [-0.3, -0.25) is 4.79 Å². The topological polar surface area (TPSA) is 64.6 Å². The molecule has 0 heterocycles. The molecule has 2 rings (SSSR count). The summed E-state index contributed by atoms with van der Waals surface area (Å²) in [6, 6.07) is 9.33. The van der Waals surface area contributed by atoms with Crippen molar-refractivity contribution in [3.8, 4) is 5.75 Å². The number of halogens is 4. The van der Waals surface area contributed by atoms with Crippen LogP contribution in [0.2, 0.25) is 20.1 Å². The number of hydrogen-bond donors (Lipinski definition) is 1. The standard InChI is InChI=1S/C16H11Cl4NO4/c17-9-4-5-13(12(20)6-9)24-8-15(23)25-7-14(22)21-16-10(18)2-1-3-11(16)19/h1-6H,7-8H2,(H,21,22). The van der Waals surface area contributed by atoms with Crippen molar-refractivity contribution in [1.82, 2.24) is 0 Å². The van der Waals surface area contributed by atoms with Crippen LogP contribution in [-0.4, -0.2) is 25.1 Å². The van der Waals surface area contributed by atoms with Crippen molar-refractivity contribution >= 4 is 64.0 Å². The Hall–Kier alpha value is -1.66. The molecule has 0 radical (unpaired) electrons. The first-order valence-corrected chi connectivity index (χ1v) is 8.35. The van der Waals surface area contributed by atoms with Gasteiger partial charge in [0.2, 0.25) is 0 Å². The van der Waals surface area contributed by atoms with E-state index < -0.39 is 25.1 Å². The molecule has 5 nitrogen and oxygen atoms in total. The summed E-state index contributed by atoms with van der Waals surface area (Å²) in [5, 5.41) is 3.70. The van der Waals surface area contributed by atoms with Crippen LogP contribution in [0.15, 0.2) is 36.4 Å². The minimum Gasteiger partial charge on any atom is -0.480 e. The molecule has 0 atom stereocenters. The van der Waals surface area contributed by atoms with Gasteiger partial charge in [0.1, 0.15) is 5.75 Å². The maximum atomic E-state index is 11.8. The molecule has 0 saturated carbocycles. The van der Waals surface area contributed by atoms with E-state index in [4.69, 9.17) is 55.9 Å². The number of rotatable bonds is 6. The quantitative estimate of drug-likeness (QED) is 0.675. The number of esters is 1. The van der Waals surface area contributed by atoms with Crippen molar-refractivity contribution in [2.75, 3.05) is 18.5 Å². The van der Waals surface area contributed by atoms with Crippen LogP contribution in [0.3, 0.4) is 0 Å². The molecular formula is C16H11Cl4NO4. The van der Waals surface area contributed by atoms with E-state index in [0.29, 0.717) is 5.02 Å². The van der Waals surface area contributed by atoms with E-state index in [-0.39, 0.29) is 26.5 Å². The van der Waals surface area contributed by atoms with Gasteiger partial charge in [0.05, 0.1) is 20.8 Å². The molecule has 0 aliphatic heterocycles. The highest BCUT2D eigenvalue weighted by molar-refractivity contribution is 6.39. The van der Waals surface area contributed by atoms with Crippen molar-refractivity contribution in [3.05, 3.63) is 56.5 Å². The minimum absolute atomic E-state index is 0.246. The molecular weight excluding hydrogens is 412 g/mol. The van der Waals surface area contributed by atoms with Crippen molar-refractivity contribution in [2.24, 2.45) is 0 Å². The lowest BCUT2D eigenvalue weighted by Gasteiger charge is -2.10. The summed E-state index contributed by atoms with van der Waals surface area (Å²) < 4.78 is 10.0. The fourth-order valence-corrected chi connectivity index (χ4v) is 2.66. The van der Waals surface area contributed by atoms with Gasteiger partial charge in [-0.2, -0.15) is 0 Å². The van der Waals surface area contributed by atoms with E-state index >= 15 is 0 Å². The Labute approximate surface area is 163 Å². The second-order valence-electron chi connectivity index (χ2n) is 4.67. The van der Waals surface area contributed by atoms with Gasteiger partial charge in [-0.15, -0.1) is 0 Å². The molecule has 132 valence electrons.